The zero-order valence-corrected chi connectivity index (χ0v) is 23.1. The lowest BCUT2D eigenvalue weighted by atomic mass is 10.1. The summed E-state index contributed by atoms with van der Waals surface area (Å²) in [5.41, 5.74) is 5.79. The number of benzene rings is 1. The van der Waals surface area contributed by atoms with Crippen LogP contribution >= 0.6 is 0 Å². The van der Waals surface area contributed by atoms with E-state index in [0.717, 1.165) is 11.0 Å². The maximum absolute atomic E-state index is 14.1. The van der Waals surface area contributed by atoms with Crippen molar-refractivity contribution in [2.24, 2.45) is 5.73 Å². The van der Waals surface area contributed by atoms with Gasteiger partial charge in [-0.25, -0.2) is 14.0 Å². The van der Waals surface area contributed by atoms with Gasteiger partial charge < -0.3 is 30.3 Å². The van der Waals surface area contributed by atoms with Crippen molar-refractivity contribution in [3.63, 3.8) is 0 Å². The first kappa shape index (κ1) is 30.4. The van der Waals surface area contributed by atoms with Crippen LogP contribution in [0.3, 0.4) is 0 Å². The van der Waals surface area contributed by atoms with Gasteiger partial charge in [-0.05, 0) is 45.4 Å². The molecule has 2 aliphatic rings. The van der Waals surface area contributed by atoms with Crippen LogP contribution in [0.1, 0.15) is 45.2 Å². The van der Waals surface area contributed by atoms with Gasteiger partial charge in [-0.1, -0.05) is 18.7 Å². The predicted octanol–water partition coefficient (Wildman–Crippen LogP) is 1.66. The molecule has 12 nitrogen and oxygen atoms in total. The Balaban J connectivity index is 1.76. The highest BCUT2D eigenvalue weighted by Gasteiger charge is 2.44. The summed E-state index contributed by atoms with van der Waals surface area (Å²) in [5, 5.41) is 2.49. The topological polar surface area (TPSA) is 152 Å². The Kier molecular flexibility index (Phi) is 9.38. The standard InChI is InChI=1S/C27H36FN5O7/c1-6-22(34)31(7-2)15-20(30-25(37)40-27(3,4)5)24(36)33-13-17(11-21(33)23(29)35)39-26(38)32-12-16-9-8-10-19(28)18(16)14-32/h6,8-10,17,20-21H,1,7,11-15H2,2-5H3,(H2,29,35)(H,30,37)/t17?,20-,21?/m0/s1. The van der Waals surface area contributed by atoms with Gasteiger partial charge in [0.2, 0.25) is 17.7 Å². The Morgan fingerprint density at radius 1 is 1.25 bits per heavy atom. The molecule has 0 aromatic heterocycles. The van der Waals surface area contributed by atoms with Gasteiger partial charge >= 0.3 is 12.2 Å². The number of likely N-dealkylation sites (N-methyl/N-ethyl adjacent to an activating group) is 1. The number of nitrogens with one attached hydrogen (secondary N) is 1. The van der Waals surface area contributed by atoms with Crippen LogP contribution in [0.2, 0.25) is 0 Å². The lowest BCUT2D eigenvalue weighted by Crippen LogP contribution is -2.57. The first-order chi connectivity index (χ1) is 18.7. The third-order valence-corrected chi connectivity index (χ3v) is 6.59. The molecule has 1 aromatic rings. The van der Waals surface area contributed by atoms with E-state index in [1.807, 2.05) is 0 Å². The highest BCUT2D eigenvalue weighted by molar-refractivity contribution is 5.93. The van der Waals surface area contributed by atoms with Crippen LogP contribution in [-0.2, 0) is 36.9 Å². The maximum Gasteiger partial charge on any atom is 0.410 e. The number of carbonyl (C=O) groups is 5. The van der Waals surface area contributed by atoms with Gasteiger partial charge in [0.05, 0.1) is 19.6 Å². The van der Waals surface area contributed by atoms with E-state index in [1.165, 1.54) is 15.9 Å². The van der Waals surface area contributed by atoms with Crippen molar-refractivity contribution in [3.8, 4) is 0 Å². The molecule has 2 unspecified atom stereocenters. The number of halogens is 1. The van der Waals surface area contributed by atoms with Crippen molar-refractivity contribution in [1.82, 2.24) is 20.0 Å². The molecule has 3 atom stereocenters. The predicted molar refractivity (Wildman–Crippen MR) is 141 cm³/mol. The molecular formula is C27H36FN5O7. The second-order valence-electron chi connectivity index (χ2n) is 10.7. The number of fused-ring (bicyclic) bond motifs is 1. The minimum Gasteiger partial charge on any atom is -0.444 e. The largest absolute Gasteiger partial charge is 0.444 e. The van der Waals surface area contributed by atoms with Gasteiger partial charge in [0.1, 0.15) is 29.6 Å². The normalized spacial score (nSPS) is 18.9. The zero-order chi connectivity index (χ0) is 29.8. The number of nitrogens with two attached hydrogens (primary N) is 1. The molecule has 5 amide bonds. The summed E-state index contributed by atoms with van der Waals surface area (Å²) < 4.78 is 25.0. The number of likely N-dealkylation sites (tertiary alicyclic amines) is 1. The number of amides is 5. The monoisotopic (exact) mass is 561 g/mol. The number of carbonyl (C=O) groups excluding carboxylic acids is 5. The molecule has 0 aliphatic carbocycles. The van der Waals surface area contributed by atoms with Crippen LogP contribution in [0, 0.1) is 5.82 Å². The summed E-state index contributed by atoms with van der Waals surface area (Å²) in [7, 11) is 0. The van der Waals surface area contributed by atoms with Crippen LogP contribution < -0.4 is 11.1 Å². The van der Waals surface area contributed by atoms with E-state index in [2.05, 4.69) is 11.9 Å². The van der Waals surface area contributed by atoms with Crippen LogP contribution in [0.5, 0.6) is 0 Å². The van der Waals surface area contributed by atoms with E-state index in [0.29, 0.717) is 11.1 Å². The van der Waals surface area contributed by atoms with Gasteiger partial charge in [-0.2, -0.15) is 0 Å². The number of hydrogen-bond acceptors (Lipinski definition) is 7. The molecule has 0 spiro atoms. The highest BCUT2D eigenvalue weighted by atomic mass is 19.1. The summed E-state index contributed by atoms with van der Waals surface area (Å²) in [5.74, 6) is -2.42. The number of alkyl carbamates (subject to hydrolysis) is 1. The summed E-state index contributed by atoms with van der Waals surface area (Å²) in [4.78, 5) is 67.5. The smallest absolute Gasteiger partial charge is 0.410 e. The van der Waals surface area contributed by atoms with E-state index < -0.39 is 59.5 Å². The van der Waals surface area contributed by atoms with E-state index in [4.69, 9.17) is 15.2 Å². The molecule has 1 fully saturated rings. The Bertz CT molecular complexity index is 1180. The first-order valence-corrected chi connectivity index (χ1v) is 13.0. The SMILES string of the molecule is C=CC(=O)N(CC)C[C@H](NC(=O)OC(C)(C)C)C(=O)N1CC(OC(=O)N2Cc3cccc(F)c3C2)CC1C(N)=O. The number of ether oxygens (including phenoxy) is 2. The van der Waals surface area contributed by atoms with Crippen molar-refractivity contribution < 1.29 is 37.8 Å². The molecule has 0 saturated carbocycles. The van der Waals surface area contributed by atoms with Gasteiger partial charge in [-0.3, -0.25) is 19.3 Å². The summed E-state index contributed by atoms with van der Waals surface area (Å²) in [6, 6.07) is 2.16. The van der Waals surface area contributed by atoms with Crippen LogP contribution in [0.15, 0.2) is 30.9 Å². The minimum atomic E-state index is -1.30. The fourth-order valence-corrected chi connectivity index (χ4v) is 4.68. The van der Waals surface area contributed by atoms with Crippen LogP contribution in [0.4, 0.5) is 14.0 Å². The Labute approximate surface area is 232 Å². The van der Waals surface area contributed by atoms with Crippen molar-refractivity contribution in [1.29, 1.82) is 0 Å². The number of rotatable bonds is 8. The Morgan fingerprint density at radius 3 is 2.52 bits per heavy atom. The first-order valence-electron chi connectivity index (χ1n) is 13.0. The molecule has 40 heavy (non-hydrogen) atoms. The second kappa shape index (κ2) is 12.3. The molecule has 3 rings (SSSR count). The Hall–Kier alpha value is -4.16. The van der Waals surface area contributed by atoms with Crippen LogP contribution in [-0.4, -0.2) is 88.0 Å². The van der Waals surface area contributed by atoms with Gasteiger partial charge in [0.25, 0.3) is 0 Å². The van der Waals surface area contributed by atoms with Crippen molar-refractivity contribution >= 4 is 29.9 Å². The lowest BCUT2D eigenvalue weighted by Gasteiger charge is -2.31. The molecule has 0 radical (unpaired) electrons. The molecule has 13 heteroatoms. The highest BCUT2D eigenvalue weighted by Crippen LogP contribution is 2.28. The van der Waals surface area contributed by atoms with Gasteiger partial charge in [0.15, 0.2) is 0 Å². The molecule has 1 aromatic carbocycles. The fraction of sp³-hybridized carbons (Fsp3) is 0.519. The van der Waals surface area contributed by atoms with Crippen molar-refractivity contribution in [2.75, 3.05) is 19.6 Å². The number of primary amides is 1. The summed E-state index contributed by atoms with van der Waals surface area (Å²) >= 11 is 0. The fourth-order valence-electron chi connectivity index (χ4n) is 4.68. The number of nitrogens with zero attached hydrogens (tertiary/aromatic N) is 3. The number of hydrogen-bond donors (Lipinski definition) is 2. The summed E-state index contributed by atoms with van der Waals surface area (Å²) in [6.45, 7) is 10.1. The summed E-state index contributed by atoms with van der Waals surface area (Å²) in [6.07, 6.45) is -1.49. The molecule has 2 aliphatic heterocycles. The Morgan fingerprint density at radius 2 is 1.95 bits per heavy atom. The van der Waals surface area contributed by atoms with E-state index in [-0.39, 0.29) is 39.1 Å². The van der Waals surface area contributed by atoms with Crippen molar-refractivity contribution in [3.05, 3.63) is 47.8 Å². The average Bonchev–Trinajstić information content (AvgIpc) is 3.50. The maximum atomic E-state index is 14.1. The van der Waals surface area contributed by atoms with Crippen LogP contribution in [0.25, 0.3) is 0 Å². The van der Waals surface area contributed by atoms with E-state index in [1.54, 1.807) is 39.8 Å². The van der Waals surface area contributed by atoms with Crippen molar-refractivity contribution in [2.45, 2.75) is 71.0 Å². The molecule has 2 heterocycles. The van der Waals surface area contributed by atoms with E-state index in [9.17, 15) is 28.4 Å². The third kappa shape index (κ3) is 7.27. The van der Waals surface area contributed by atoms with E-state index >= 15 is 0 Å². The van der Waals surface area contributed by atoms with Gasteiger partial charge in [0, 0.05) is 25.1 Å². The molecule has 1 saturated heterocycles. The minimum absolute atomic E-state index is 0.0293. The second-order valence-corrected chi connectivity index (χ2v) is 10.7. The molecule has 0 bridgehead atoms. The zero-order valence-electron chi connectivity index (χ0n) is 23.1. The van der Waals surface area contributed by atoms with Gasteiger partial charge in [-0.15, -0.1) is 0 Å². The molecule has 218 valence electrons. The quantitative estimate of drug-likeness (QED) is 0.458. The lowest BCUT2D eigenvalue weighted by molar-refractivity contribution is -0.140. The molecule has 3 N–H and O–H groups in total. The molecular weight excluding hydrogens is 525 g/mol. The average molecular weight is 562 g/mol. The third-order valence-electron chi connectivity index (χ3n) is 6.59.